The summed E-state index contributed by atoms with van der Waals surface area (Å²) in [4.78, 5) is 26.1. The van der Waals surface area contributed by atoms with E-state index in [9.17, 15) is 9.59 Å². The molecule has 0 bridgehead atoms. The second-order valence-corrected chi connectivity index (χ2v) is 5.24. The summed E-state index contributed by atoms with van der Waals surface area (Å²) in [6, 6.07) is 14.3. The highest BCUT2D eigenvalue weighted by Crippen LogP contribution is 2.33. The number of anilines is 1. The summed E-state index contributed by atoms with van der Waals surface area (Å²) in [6.07, 6.45) is 0.475. The number of hydrogen-bond donors (Lipinski definition) is 1. The predicted molar refractivity (Wildman–Crippen MR) is 81.1 cm³/mol. The van der Waals surface area contributed by atoms with Crippen LogP contribution in [-0.2, 0) is 11.2 Å². The van der Waals surface area contributed by atoms with Gasteiger partial charge in [0, 0.05) is 17.7 Å². The largest absolute Gasteiger partial charge is 0.368 e. The lowest BCUT2D eigenvalue weighted by Gasteiger charge is -2.24. The summed E-state index contributed by atoms with van der Waals surface area (Å²) in [5.74, 6) is -0.657. The molecule has 0 saturated heterocycles. The Hall–Kier alpha value is -2.62. The van der Waals surface area contributed by atoms with Crippen molar-refractivity contribution >= 4 is 17.5 Å². The van der Waals surface area contributed by atoms with Crippen LogP contribution in [-0.4, -0.2) is 17.9 Å². The van der Waals surface area contributed by atoms with Crippen LogP contribution in [0.15, 0.2) is 48.5 Å². The van der Waals surface area contributed by atoms with Crippen molar-refractivity contribution in [3.63, 3.8) is 0 Å². The Morgan fingerprint density at radius 3 is 2.48 bits per heavy atom. The van der Waals surface area contributed by atoms with Crippen molar-refractivity contribution in [2.45, 2.75) is 19.4 Å². The van der Waals surface area contributed by atoms with Crippen LogP contribution in [0.1, 0.15) is 21.5 Å². The molecule has 0 radical (unpaired) electrons. The fraction of sp³-hybridized carbons (Fsp3) is 0.176. The molecule has 0 spiro atoms. The summed E-state index contributed by atoms with van der Waals surface area (Å²) in [7, 11) is 0. The maximum atomic E-state index is 12.9. The number of amides is 2. The number of benzene rings is 2. The molecule has 0 saturated carbocycles. The number of rotatable bonds is 2. The van der Waals surface area contributed by atoms with Gasteiger partial charge in [0.05, 0.1) is 0 Å². The maximum absolute atomic E-state index is 12.9. The zero-order valence-electron chi connectivity index (χ0n) is 11.7. The Kier molecular flexibility index (Phi) is 3.22. The van der Waals surface area contributed by atoms with Crippen LogP contribution in [0.2, 0.25) is 0 Å². The lowest BCUT2D eigenvalue weighted by atomic mass is 10.1. The third-order valence-corrected chi connectivity index (χ3v) is 3.90. The van der Waals surface area contributed by atoms with E-state index < -0.39 is 11.9 Å². The molecule has 0 aliphatic carbocycles. The molecule has 4 heteroatoms. The van der Waals surface area contributed by atoms with E-state index in [-0.39, 0.29) is 5.91 Å². The highest BCUT2D eigenvalue weighted by Gasteiger charge is 2.37. The van der Waals surface area contributed by atoms with Crippen LogP contribution in [0.25, 0.3) is 0 Å². The molecule has 3 rings (SSSR count). The fourth-order valence-electron chi connectivity index (χ4n) is 2.81. The van der Waals surface area contributed by atoms with Gasteiger partial charge in [0.25, 0.3) is 5.91 Å². The topological polar surface area (TPSA) is 63.4 Å². The van der Waals surface area contributed by atoms with Crippen molar-refractivity contribution in [2.24, 2.45) is 5.73 Å². The second-order valence-electron chi connectivity index (χ2n) is 5.24. The SMILES string of the molecule is Cc1ccccc1C(=O)N1c2ccccc2CC1C(N)=O. The van der Waals surface area contributed by atoms with Crippen molar-refractivity contribution in [3.8, 4) is 0 Å². The van der Waals surface area contributed by atoms with Gasteiger partial charge in [0.15, 0.2) is 0 Å². The van der Waals surface area contributed by atoms with Gasteiger partial charge in [0.1, 0.15) is 6.04 Å². The Morgan fingerprint density at radius 1 is 1.10 bits per heavy atom. The first-order valence-corrected chi connectivity index (χ1v) is 6.86. The highest BCUT2D eigenvalue weighted by molar-refractivity contribution is 6.12. The smallest absolute Gasteiger partial charge is 0.259 e. The number of nitrogens with two attached hydrogens (primary N) is 1. The minimum atomic E-state index is -0.616. The van der Waals surface area contributed by atoms with Gasteiger partial charge in [-0.15, -0.1) is 0 Å². The van der Waals surface area contributed by atoms with E-state index in [1.165, 1.54) is 4.90 Å². The molecule has 4 nitrogen and oxygen atoms in total. The molecule has 2 amide bonds. The molecule has 2 N–H and O–H groups in total. The van der Waals surface area contributed by atoms with Gasteiger partial charge < -0.3 is 5.73 Å². The Bertz CT molecular complexity index is 724. The van der Waals surface area contributed by atoms with Crippen LogP contribution in [0.3, 0.4) is 0 Å². The van der Waals surface area contributed by atoms with Crippen LogP contribution in [0.4, 0.5) is 5.69 Å². The number of para-hydroxylation sites is 1. The second kappa shape index (κ2) is 5.05. The van der Waals surface area contributed by atoms with E-state index >= 15 is 0 Å². The molecule has 1 heterocycles. The standard InChI is InChI=1S/C17H16N2O2/c1-11-6-2-4-8-13(11)17(21)19-14-9-5-3-7-12(14)10-15(19)16(18)20/h2-9,15H,10H2,1H3,(H2,18,20). The number of nitrogens with zero attached hydrogens (tertiary/aromatic N) is 1. The normalized spacial score (nSPS) is 16.6. The van der Waals surface area contributed by atoms with E-state index in [4.69, 9.17) is 5.73 Å². The summed E-state index contributed by atoms with van der Waals surface area (Å²) in [5, 5.41) is 0. The van der Waals surface area contributed by atoms with Crippen LogP contribution in [0, 0.1) is 6.92 Å². The number of carbonyl (C=O) groups excluding carboxylic acids is 2. The van der Waals surface area contributed by atoms with Crippen molar-refractivity contribution in [2.75, 3.05) is 4.90 Å². The molecule has 0 fully saturated rings. The van der Waals surface area contributed by atoms with Gasteiger partial charge in [0.2, 0.25) is 5.91 Å². The number of fused-ring (bicyclic) bond motifs is 1. The zero-order chi connectivity index (χ0) is 15.0. The first-order valence-electron chi connectivity index (χ1n) is 6.86. The van der Waals surface area contributed by atoms with Crippen LogP contribution in [0.5, 0.6) is 0 Å². The van der Waals surface area contributed by atoms with Gasteiger partial charge >= 0.3 is 0 Å². The molecule has 106 valence electrons. The van der Waals surface area contributed by atoms with Gasteiger partial charge in [-0.25, -0.2) is 0 Å². The number of hydrogen-bond acceptors (Lipinski definition) is 2. The quantitative estimate of drug-likeness (QED) is 0.915. The number of carbonyl (C=O) groups is 2. The molecule has 1 aliphatic heterocycles. The number of aryl methyl sites for hydroxylation is 1. The molecule has 0 aromatic heterocycles. The number of primary amides is 1. The van der Waals surface area contributed by atoms with Gasteiger partial charge in [-0.2, -0.15) is 0 Å². The molecule has 1 unspecified atom stereocenters. The third kappa shape index (κ3) is 2.18. The average Bonchev–Trinajstić information content (AvgIpc) is 2.86. The van der Waals surface area contributed by atoms with Crippen LogP contribution < -0.4 is 10.6 Å². The van der Waals surface area contributed by atoms with Crippen molar-refractivity contribution in [1.29, 1.82) is 0 Å². The summed E-state index contributed by atoms with van der Waals surface area (Å²) >= 11 is 0. The predicted octanol–water partition coefficient (Wildman–Crippen LogP) is 2.05. The summed E-state index contributed by atoms with van der Waals surface area (Å²) in [5.41, 5.74) is 8.72. The Labute approximate surface area is 123 Å². The summed E-state index contributed by atoms with van der Waals surface area (Å²) < 4.78 is 0. The zero-order valence-corrected chi connectivity index (χ0v) is 11.7. The Balaban J connectivity index is 2.08. The van der Waals surface area contributed by atoms with E-state index in [1.807, 2.05) is 49.4 Å². The first kappa shape index (κ1) is 13.4. The summed E-state index contributed by atoms with van der Waals surface area (Å²) in [6.45, 7) is 1.88. The van der Waals surface area contributed by atoms with Crippen molar-refractivity contribution in [1.82, 2.24) is 0 Å². The molecular weight excluding hydrogens is 264 g/mol. The van der Waals surface area contributed by atoms with Crippen molar-refractivity contribution < 1.29 is 9.59 Å². The van der Waals surface area contributed by atoms with Gasteiger partial charge in [-0.1, -0.05) is 36.4 Å². The lowest BCUT2D eigenvalue weighted by Crippen LogP contribution is -2.46. The van der Waals surface area contributed by atoms with Crippen LogP contribution >= 0.6 is 0 Å². The molecule has 1 atom stereocenters. The van der Waals surface area contributed by atoms with E-state index in [0.29, 0.717) is 12.0 Å². The third-order valence-electron chi connectivity index (χ3n) is 3.90. The van der Waals surface area contributed by atoms with E-state index in [2.05, 4.69) is 0 Å². The molecule has 2 aromatic carbocycles. The van der Waals surface area contributed by atoms with E-state index in [0.717, 1.165) is 16.8 Å². The molecule has 21 heavy (non-hydrogen) atoms. The van der Waals surface area contributed by atoms with E-state index in [1.54, 1.807) is 6.07 Å². The Morgan fingerprint density at radius 2 is 1.76 bits per heavy atom. The lowest BCUT2D eigenvalue weighted by molar-refractivity contribution is -0.119. The monoisotopic (exact) mass is 280 g/mol. The molecule has 2 aromatic rings. The first-order chi connectivity index (χ1) is 10.1. The molecular formula is C17H16N2O2. The highest BCUT2D eigenvalue weighted by atomic mass is 16.2. The minimum absolute atomic E-state index is 0.179. The van der Waals surface area contributed by atoms with Gasteiger partial charge in [-0.05, 0) is 30.2 Å². The fourth-order valence-corrected chi connectivity index (χ4v) is 2.81. The van der Waals surface area contributed by atoms with Gasteiger partial charge in [-0.3, -0.25) is 14.5 Å². The maximum Gasteiger partial charge on any atom is 0.259 e. The molecule has 1 aliphatic rings. The van der Waals surface area contributed by atoms with Crippen molar-refractivity contribution in [3.05, 3.63) is 65.2 Å². The minimum Gasteiger partial charge on any atom is -0.368 e. The average molecular weight is 280 g/mol.